The van der Waals surface area contributed by atoms with Crippen LogP contribution in [0.1, 0.15) is 82.4 Å². The van der Waals surface area contributed by atoms with Gasteiger partial charge in [0.15, 0.2) is 0 Å². The van der Waals surface area contributed by atoms with Crippen LogP contribution in [0.3, 0.4) is 0 Å². The van der Waals surface area contributed by atoms with Crippen molar-refractivity contribution in [3.05, 3.63) is 41.0 Å². The van der Waals surface area contributed by atoms with Crippen molar-refractivity contribution in [1.82, 2.24) is 0 Å². The average molecular weight is 409 g/mol. The summed E-state index contributed by atoms with van der Waals surface area (Å²) in [6, 6.07) is 9.01. The minimum Gasteiger partial charge on any atom is -0.493 e. The van der Waals surface area contributed by atoms with E-state index in [0.717, 1.165) is 75.4 Å². The number of fused-ring (bicyclic) bond motifs is 4. The number of hydrogen-bond donors (Lipinski definition) is 0. The lowest BCUT2D eigenvalue weighted by molar-refractivity contribution is -0.0147. The molecule has 1 aliphatic heterocycles. The molecule has 1 fully saturated rings. The molecule has 0 amide bonds. The van der Waals surface area contributed by atoms with E-state index in [2.05, 4.69) is 52.0 Å². The van der Waals surface area contributed by atoms with Crippen molar-refractivity contribution in [2.75, 3.05) is 13.2 Å². The molecule has 1 spiro atoms. The molecule has 0 bridgehead atoms. The summed E-state index contributed by atoms with van der Waals surface area (Å²) < 4.78 is 19.0. The Hall–Kier alpha value is -2.16. The highest BCUT2D eigenvalue weighted by atomic mass is 16.5. The Morgan fingerprint density at radius 2 is 1.57 bits per heavy atom. The molecular weight excluding hydrogens is 372 g/mol. The van der Waals surface area contributed by atoms with Crippen LogP contribution in [0.2, 0.25) is 0 Å². The number of aryl methyl sites for hydroxylation is 2. The molecule has 2 aromatic carbocycles. The summed E-state index contributed by atoms with van der Waals surface area (Å²) >= 11 is 0. The lowest BCUT2D eigenvalue weighted by atomic mass is 9.70. The van der Waals surface area contributed by atoms with Gasteiger partial charge in [-0.25, -0.2) is 0 Å². The highest BCUT2D eigenvalue weighted by Gasteiger charge is 2.46. The lowest BCUT2D eigenvalue weighted by Gasteiger charge is -2.47. The molecule has 4 rings (SSSR count). The van der Waals surface area contributed by atoms with Crippen molar-refractivity contribution >= 4 is 0 Å². The SMILES string of the molecule is CCCCOc1cc2c(cc1C)-c1cc(CC)c(OCCCC)cc1C1(CCC1)O2. The van der Waals surface area contributed by atoms with Crippen LogP contribution in [0, 0.1) is 6.92 Å². The molecule has 30 heavy (non-hydrogen) atoms. The summed E-state index contributed by atoms with van der Waals surface area (Å²) in [4.78, 5) is 0. The van der Waals surface area contributed by atoms with Crippen LogP contribution in [0.15, 0.2) is 24.3 Å². The van der Waals surface area contributed by atoms with Gasteiger partial charge in [0, 0.05) is 17.2 Å². The van der Waals surface area contributed by atoms with E-state index < -0.39 is 0 Å². The Balaban J connectivity index is 1.76. The maximum Gasteiger partial charge on any atom is 0.135 e. The second-order valence-electron chi connectivity index (χ2n) is 8.83. The van der Waals surface area contributed by atoms with Crippen molar-refractivity contribution < 1.29 is 14.2 Å². The van der Waals surface area contributed by atoms with E-state index in [4.69, 9.17) is 14.2 Å². The first-order chi connectivity index (χ1) is 14.6. The lowest BCUT2D eigenvalue weighted by Crippen LogP contribution is -2.42. The van der Waals surface area contributed by atoms with Gasteiger partial charge in [0.1, 0.15) is 22.8 Å². The fourth-order valence-electron chi connectivity index (χ4n) is 4.54. The van der Waals surface area contributed by atoms with E-state index in [0.29, 0.717) is 0 Å². The topological polar surface area (TPSA) is 27.7 Å². The predicted molar refractivity (Wildman–Crippen MR) is 123 cm³/mol. The molecule has 0 aromatic heterocycles. The molecule has 0 radical (unpaired) electrons. The minimum atomic E-state index is -0.201. The molecule has 0 saturated heterocycles. The highest BCUT2D eigenvalue weighted by Crippen LogP contribution is 2.56. The van der Waals surface area contributed by atoms with Crippen molar-refractivity contribution in [2.24, 2.45) is 0 Å². The van der Waals surface area contributed by atoms with E-state index in [1.54, 1.807) is 0 Å². The van der Waals surface area contributed by atoms with Crippen molar-refractivity contribution in [1.29, 1.82) is 0 Å². The predicted octanol–water partition coefficient (Wildman–Crippen LogP) is 7.35. The summed E-state index contributed by atoms with van der Waals surface area (Å²) in [6.07, 6.45) is 8.76. The van der Waals surface area contributed by atoms with Gasteiger partial charge in [-0.3, -0.25) is 0 Å². The van der Waals surface area contributed by atoms with E-state index >= 15 is 0 Å². The van der Waals surface area contributed by atoms with Crippen molar-refractivity contribution in [2.45, 2.75) is 84.7 Å². The van der Waals surface area contributed by atoms with Gasteiger partial charge in [-0.15, -0.1) is 0 Å². The number of rotatable bonds is 9. The van der Waals surface area contributed by atoms with Crippen LogP contribution >= 0.6 is 0 Å². The molecule has 0 N–H and O–H groups in total. The minimum absolute atomic E-state index is 0.201. The third-order valence-electron chi connectivity index (χ3n) is 6.62. The van der Waals surface area contributed by atoms with E-state index in [1.165, 1.54) is 34.2 Å². The molecule has 1 aliphatic carbocycles. The molecule has 2 aliphatic rings. The van der Waals surface area contributed by atoms with Crippen LogP contribution in [-0.2, 0) is 12.0 Å². The maximum atomic E-state index is 6.70. The zero-order chi connectivity index (χ0) is 21.1. The number of hydrogen-bond acceptors (Lipinski definition) is 3. The summed E-state index contributed by atoms with van der Waals surface area (Å²) in [5.41, 5.74) is 6.08. The van der Waals surface area contributed by atoms with Gasteiger partial charge < -0.3 is 14.2 Å². The summed E-state index contributed by atoms with van der Waals surface area (Å²) in [7, 11) is 0. The van der Waals surface area contributed by atoms with Crippen LogP contribution in [0.5, 0.6) is 17.2 Å². The largest absolute Gasteiger partial charge is 0.493 e. The van der Waals surface area contributed by atoms with Gasteiger partial charge in [-0.2, -0.15) is 0 Å². The fourth-order valence-corrected chi connectivity index (χ4v) is 4.54. The Bertz CT molecular complexity index is 895. The average Bonchev–Trinajstić information content (AvgIpc) is 2.72. The van der Waals surface area contributed by atoms with Crippen LogP contribution < -0.4 is 14.2 Å². The number of ether oxygens (including phenoxy) is 3. The Kier molecular flexibility index (Phi) is 6.26. The molecule has 2 aromatic rings. The Morgan fingerprint density at radius 1 is 0.867 bits per heavy atom. The highest BCUT2D eigenvalue weighted by molar-refractivity contribution is 5.80. The molecule has 162 valence electrons. The van der Waals surface area contributed by atoms with Crippen LogP contribution in [0.4, 0.5) is 0 Å². The van der Waals surface area contributed by atoms with Crippen molar-refractivity contribution in [3.8, 4) is 28.4 Å². The number of unbranched alkanes of at least 4 members (excludes halogenated alkanes) is 2. The molecule has 1 heterocycles. The van der Waals surface area contributed by atoms with E-state index in [1.807, 2.05) is 0 Å². The quantitative estimate of drug-likeness (QED) is 0.406. The fraction of sp³-hybridized carbons (Fsp3) is 0.556. The summed E-state index contributed by atoms with van der Waals surface area (Å²) in [6.45, 7) is 10.3. The van der Waals surface area contributed by atoms with E-state index in [-0.39, 0.29) is 5.60 Å². The van der Waals surface area contributed by atoms with Gasteiger partial charge in [0.05, 0.1) is 13.2 Å². The molecule has 3 nitrogen and oxygen atoms in total. The zero-order valence-electron chi connectivity index (χ0n) is 19.1. The van der Waals surface area contributed by atoms with Crippen LogP contribution in [0.25, 0.3) is 11.1 Å². The summed E-state index contributed by atoms with van der Waals surface area (Å²) in [5.74, 6) is 2.97. The van der Waals surface area contributed by atoms with E-state index in [9.17, 15) is 0 Å². The Labute approximate surface area is 181 Å². The molecule has 1 saturated carbocycles. The maximum absolute atomic E-state index is 6.70. The normalized spacial score (nSPS) is 15.7. The van der Waals surface area contributed by atoms with Gasteiger partial charge in [0.2, 0.25) is 0 Å². The summed E-state index contributed by atoms with van der Waals surface area (Å²) in [5, 5.41) is 0. The smallest absolute Gasteiger partial charge is 0.135 e. The molecule has 0 atom stereocenters. The van der Waals surface area contributed by atoms with Gasteiger partial charge in [0.25, 0.3) is 0 Å². The second-order valence-corrected chi connectivity index (χ2v) is 8.83. The van der Waals surface area contributed by atoms with Crippen molar-refractivity contribution in [3.63, 3.8) is 0 Å². The molecule has 0 unspecified atom stereocenters. The van der Waals surface area contributed by atoms with Crippen LogP contribution in [-0.4, -0.2) is 13.2 Å². The monoisotopic (exact) mass is 408 g/mol. The Morgan fingerprint density at radius 3 is 2.17 bits per heavy atom. The third-order valence-corrected chi connectivity index (χ3v) is 6.62. The molecular formula is C27H36O3. The first-order valence-electron chi connectivity index (χ1n) is 11.9. The molecule has 3 heteroatoms. The van der Waals surface area contributed by atoms with Gasteiger partial charge in [-0.05, 0) is 80.3 Å². The first-order valence-corrected chi connectivity index (χ1v) is 11.9. The standard InChI is InChI=1S/C27H36O3/c1-5-8-13-28-24-18-26-22(15-19(24)4)21-16-20(7-3)25(29-14-9-6-2)17-23(21)27(30-26)11-10-12-27/h15-18H,5-14H2,1-4H3. The first kappa shape index (κ1) is 21.1. The number of benzene rings is 2. The third kappa shape index (κ3) is 3.79. The van der Waals surface area contributed by atoms with Gasteiger partial charge >= 0.3 is 0 Å². The van der Waals surface area contributed by atoms with Gasteiger partial charge in [-0.1, -0.05) is 33.6 Å². The zero-order valence-corrected chi connectivity index (χ0v) is 19.1. The second kappa shape index (κ2) is 8.91.